The van der Waals surface area contributed by atoms with Crippen molar-refractivity contribution < 1.29 is 9.53 Å². The van der Waals surface area contributed by atoms with Crippen molar-refractivity contribution in [2.24, 2.45) is 5.92 Å². The van der Waals surface area contributed by atoms with Gasteiger partial charge in [-0.15, -0.1) is 10.2 Å². The average Bonchev–Trinajstić information content (AvgIpc) is 3.05. The van der Waals surface area contributed by atoms with Gasteiger partial charge in [-0.05, 0) is 37.0 Å². The molecule has 1 saturated carbocycles. The van der Waals surface area contributed by atoms with Gasteiger partial charge in [-0.25, -0.2) is 4.68 Å². The first-order valence-corrected chi connectivity index (χ1v) is 10.4. The van der Waals surface area contributed by atoms with E-state index in [2.05, 4.69) is 15.5 Å². The Kier molecular flexibility index (Phi) is 6.84. The van der Waals surface area contributed by atoms with E-state index >= 15 is 0 Å². The second kappa shape index (κ2) is 9.32. The molecule has 0 atom stereocenters. The quantitative estimate of drug-likeness (QED) is 0.539. The predicted octanol–water partition coefficient (Wildman–Crippen LogP) is 3.11. The maximum absolute atomic E-state index is 12.1. The summed E-state index contributed by atoms with van der Waals surface area (Å²) in [4.78, 5) is 12.1. The number of ether oxygens (including phenoxy) is 1. The Morgan fingerprint density at radius 3 is 2.89 bits per heavy atom. The molecule has 3 rings (SSSR count). The molecule has 0 bridgehead atoms. The number of hydrogen-bond donors (Lipinski definition) is 2. The van der Waals surface area contributed by atoms with Gasteiger partial charge in [-0.2, -0.15) is 0 Å². The van der Waals surface area contributed by atoms with Gasteiger partial charge in [0.05, 0.1) is 18.4 Å². The van der Waals surface area contributed by atoms with Crippen molar-refractivity contribution in [3.05, 3.63) is 23.2 Å². The van der Waals surface area contributed by atoms with Gasteiger partial charge in [-0.3, -0.25) is 4.79 Å². The Morgan fingerprint density at radius 2 is 2.15 bits per heavy atom. The van der Waals surface area contributed by atoms with E-state index in [0.29, 0.717) is 33.2 Å². The number of nitrogens with one attached hydrogen (secondary N) is 1. The fourth-order valence-electron chi connectivity index (χ4n) is 3.24. The van der Waals surface area contributed by atoms with Crippen molar-refractivity contribution in [1.82, 2.24) is 20.2 Å². The van der Waals surface area contributed by atoms with Crippen LogP contribution in [0.3, 0.4) is 0 Å². The Morgan fingerprint density at radius 1 is 1.37 bits per heavy atom. The standard InChI is InChI=1S/C18H24ClN5O2S/c1-26-15-8-7-13(19)9-14(15)17-22-23-18(24(17)20)27-11-16(25)21-10-12-5-3-2-4-6-12/h7-9,12H,2-6,10-11,20H2,1H3,(H,21,25). The van der Waals surface area contributed by atoms with E-state index in [1.807, 2.05) is 0 Å². The number of aromatic nitrogens is 3. The topological polar surface area (TPSA) is 95.1 Å². The Hall–Kier alpha value is -1.93. The SMILES string of the molecule is COc1ccc(Cl)cc1-c1nnc(SCC(=O)NCC2CCCCC2)n1N. The summed E-state index contributed by atoms with van der Waals surface area (Å²) in [5.41, 5.74) is 0.647. The van der Waals surface area contributed by atoms with Crippen LogP contribution in [0.2, 0.25) is 5.02 Å². The van der Waals surface area contributed by atoms with E-state index in [9.17, 15) is 4.79 Å². The number of amides is 1. The van der Waals surface area contributed by atoms with Gasteiger partial charge in [0.2, 0.25) is 11.1 Å². The first-order valence-electron chi connectivity index (χ1n) is 9.02. The molecule has 1 heterocycles. The zero-order chi connectivity index (χ0) is 19.2. The molecule has 1 aromatic heterocycles. The lowest BCUT2D eigenvalue weighted by atomic mass is 9.89. The van der Waals surface area contributed by atoms with E-state index in [1.54, 1.807) is 25.3 Å². The van der Waals surface area contributed by atoms with Gasteiger partial charge in [0.15, 0.2) is 5.82 Å². The number of nitrogen functional groups attached to an aromatic ring is 1. The molecule has 27 heavy (non-hydrogen) atoms. The molecular formula is C18H24ClN5O2S. The maximum Gasteiger partial charge on any atom is 0.230 e. The van der Waals surface area contributed by atoms with Gasteiger partial charge in [0.25, 0.3) is 0 Å². The summed E-state index contributed by atoms with van der Waals surface area (Å²) in [5.74, 6) is 7.99. The summed E-state index contributed by atoms with van der Waals surface area (Å²) in [6.45, 7) is 0.750. The lowest BCUT2D eigenvalue weighted by molar-refractivity contribution is -0.118. The van der Waals surface area contributed by atoms with Crippen LogP contribution in [0.5, 0.6) is 5.75 Å². The molecule has 2 aromatic rings. The number of halogens is 1. The third-order valence-electron chi connectivity index (χ3n) is 4.71. The number of benzene rings is 1. The van der Waals surface area contributed by atoms with Gasteiger partial charge >= 0.3 is 0 Å². The third kappa shape index (κ3) is 5.07. The maximum atomic E-state index is 12.1. The summed E-state index contributed by atoms with van der Waals surface area (Å²) in [5, 5.41) is 12.2. The first kappa shape index (κ1) is 19.8. The number of nitrogens with zero attached hydrogens (tertiary/aromatic N) is 3. The predicted molar refractivity (Wildman–Crippen MR) is 107 cm³/mol. The monoisotopic (exact) mass is 409 g/mol. The van der Waals surface area contributed by atoms with E-state index in [0.717, 1.165) is 6.54 Å². The fourth-order valence-corrected chi connectivity index (χ4v) is 4.10. The number of thioether (sulfide) groups is 1. The molecule has 1 aliphatic carbocycles. The molecule has 7 nitrogen and oxygen atoms in total. The van der Waals surface area contributed by atoms with E-state index in [4.69, 9.17) is 22.2 Å². The number of carbonyl (C=O) groups is 1. The number of nitrogens with two attached hydrogens (primary N) is 1. The average molecular weight is 410 g/mol. The molecule has 0 radical (unpaired) electrons. The summed E-state index contributed by atoms with van der Waals surface area (Å²) in [7, 11) is 1.57. The van der Waals surface area contributed by atoms with Crippen LogP contribution in [-0.2, 0) is 4.79 Å². The van der Waals surface area contributed by atoms with E-state index in [1.165, 1.54) is 48.5 Å². The fraction of sp³-hybridized carbons (Fsp3) is 0.500. The smallest absolute Gasteiger partial charge is 0.230 e. The highest BCUT2D eigenvalue weighted by molar-refractivity contribution is 7.99. The van der Waals surface area contributed by atoms with E-state index < -0.39 is 0 Å². The second-order valence-electron chi connectivity index (χ2n) is 6.62. The van der Waals surface area contributed by atoms with Crippen molar-refractivity contribution in [3.63, 3.8) is 0 Å². The van der Waals surface area contributed by atoms with Crippen molar-refractivity contribution in [3.8, 4) is 17.1 Å². The summed E-state index contributed by atoms with van der Waals surface area (Å²) in [6, 6.07) is 5.20. The summed E-state index contributed by atoms with van der Waals surface area (Å²) < 4.78 is 6.69. The van der Waals surface area contributed by atoms with Crippen LogP contribution >= 0.6 is 23.4 Å². The Labute approximate surface area is 168 Å². The van der Waals surface area contributed by atoms with Crippen LogP contribution < -0.4 is 15.9 Å². The largest absolute Gasteiger partial charge is 0.496 e. The molecule has 1 fully saturated rings. The Bertz CT molecular complexity index is 792. The molecule has 9 heteroatoms. The zero-order valence-corrected chi connectivity index (χ0v) is 16.9. The van der Waals surface area contributed by atoms with Crippen molar-refractivity contribution in [2.75, 3.05) is 25.3 Å². The summed E-state index contributed by atoms with van der Waals surface area (Å²) >= 11 is 7.33. The highest BCUT2D eigenvalue weighted by atomic mass is 35.5. The first-order chi connectivity index (χ1) is 13.1. The molecule has 0 aliphatic heterocycles. The minimum Gasteiger partial charge on any atom is -0.496 e. The minimum absolute atomic E-state index is 0.0181. The van der Waals surface area contributed by atoms with Crippen LogP contribution in [0.25, 0.3) is 11.4 Å². The van der Waals surface area contributed by atoms with Crippen LogP contribution in [0, 0.1) is 5.92 Å². The van der Waals surface area contributed by atoms with E-state index in [-0.39, 0.29) is 11.7 Å². The van der Waals surface area contributed by atoms with Gasteiger partial charge in [0, 0.05) is 11.6 Å². The molecule has 0 spiro atoms. The third-order valence-corrected chi connectivity index (χ3v) is 5.89. The van der Waals surface area contributed by atoms with Gasteiger partial charge < -0.3 is 15.9 Å². The van der Waals surface area contributed by atoms with Crippen LogP contribution in [0.1, 0.15) is 32.1 Å². The lowest BCUT2D eigenvalue weighted by Gasteiger charge is -2.21. The van der Waals surface area contributed by atoms with Gasteiger partial charge in [-0.1, -0.05) is 42.6 Å². The number of methoxy groups -OCH3 is 1. The van der Waals surface area contributed by atoms with Crippen molar-refractivity contribution in [2.45, 2.75) is 37.3 Å². The Balaban J connectivity index is 1.59. The minimum atomic E-state index is -0.0181. The summed E-state index contributed by atoms with van der Waals surface area (Å²) in [6.07, 6.45) is 6.25. The van der Waals surface area contributed by atoms with Crippen LogP contribution in [0.4, 0.5) is 0 Å². The zero-order valence-electron chi connectivity index (χ0n) is 15.3. The molecule has 0 saturated heterocycles. The normalized spacial score (nSPS) is 14.9. The molecule has 0 unspecified atom stereocenters. The highest BCUT2D eigenvalue weighted by Gasteiger charge is 2.18. The second-order valence-corrected chi connectivity index (χ2v) is 8.00. The number of hydrogen-bond acceptors (Lipinski definition) is 6. The number of rotatable bonds is 7. The lowest BCUT2D eigenvalue weighted by Crippen LogP contribution is -2.31. The van der Waals surface area contributed by atoms with Crippen LogP contribution in [0.15, 0.2) is 23.4 Å². The molecule has 1 aliphatic rings. The highest BCUT2D eigenvalue weighted by Crippen LogP contribution is 2.32. The number of carbonyl (C=O) groups excluding carboxylic acids is 1. The van der Waals surface area contributed by atoms with Crippen LogP contribution in [-0.4, -0.2) is 40.2 Å². The van der Waals surface area contributed by atoms with Crippen molar-refractivity contribution in [1.29, 1.82) is 0 Å². The molecular weight excluding hydrogens is 386 g/mol. The molecule has 3 N–H and O–H groups in total. The molecule has 1 amide bonds. The van der Waals surface area contributed by atoms with Gasteiger partial charge in [0.1, 0.15) is 5.75 Å². The molecule has 146 valence electrons. The van der Waals surface area contributed by atoms with Crippen molar-refractivity contribution >= 4 is 29.3 Å². The molecule has 1 aromatic carbocycles.